The SMILES string of the molecule is N#CCc1ccc(NC(=O)CSc2nnc(N3CCCC3)n2-c2ccccc2Cl)cc1. The fourth-order valence-corrected chi connectivity index (χ4v) is 4.41. The molecule has 0 unspecified atom stereocenters. The number of thioether (sulfide) groups is 1. The van der Waals surface area contributed by atoms with Crippen molar-refractivity contribution in [3.8, 4) is 11.8 Å². The van der Waals surface area contributed by atoms with Gasteiger partial charge in [0.15, 0.2) is 5.16 Å². The molecular weight excluding hydrogens is 432 g/mol. The highest BCUT2D eigenvalue weighted by molar-refractivity contribution is 7.99. The van der Waals surface area contributed by atoms with E-state index in [1.54, 1.807) is 12.1 Å². The molecule has 7 nitrogen and oxygen atoms in total. The molecule has 1 aliphatic heterocycles. The van der Waals surface area contributed by atoms with Crippen molar-refractivity contribution in [2.45, 2.75) is 24.4 Å². The zero-order valence-electron chi connectivity index (χ0n) is 16.8. The molecule has 2 heterocycles. The topological polar surface area (TPSA) is 86.8 Å². The summed E-state index contributed by atoms with van der Waals surface area (Å²) in [6.45, 7) is 1.85. The van der Waals surface area contributed by atoms with Crippen molar-refractivity contribution in [1.29, 1.82) is 5.26 Å². The van der Waals surface area contributed by atoms with Crippen molar-refractivity contribution in [3.05, 3.63) is 59.1 Å². The lowest BCUT2D eigenvalue weighted by atomic mass is 10.1. The molecule has 1 N–H and O–H groups in total. The molecule has 1 amide bonds. The second kappa shape index (κ2) is 9.86. The predicted molar refractivity (Wildman–Crippen MR) is 123 cm³/mol. The van der Waals surface area contributed by atoms with Crippen molar-refractivity contribution >= 4 is 40.9 Å². The Balaban J connectivity index is 1.50. The summed E-state index contributed by atoms with van der Waals surface area (Å²) in [5.41, 5.74) is 2.40. The van der Waals surface area contributed by atoms with E-state index in [-0.39, 0.29) is 11.7 Å². The lowest BCUT2D eigenvalue weighted by Crippen LogP contribution is -2.22. The first kappa shape index (κ1) is 21.2. The van der Waals surface area contributed by atoms with Crippen LogP contribution in [0.1, 0.15) is 18.4 Å². The number of carbonyl (C=O) groups excluding carboxylic acids is 1. The largest absolute Gasteiger partial charge is 0.341 e. The third-order valence-electron chi connectivity index (χ3n) is 4.95. The molecule has 1 saturated heterocycles. The first-order valence-electron chi connectivity index (χ1n) is 9.99. The van der Waals surface area contributed by atoms with Gasteiger partial charge in [-0.2, -0.15) is 5.26 Å². The summed E-state index contributed by atoms with van der Waals surface area (Å²) in [7, 11) is 0. The molecule has 3 aromatic rings. The van der Waals surface area contributed by atoms with Gasteiger partial charge in [-0.05, 0) is 42.7 Å². The maximum atomic E-state index is 12.5. The van der Waals surface area contributed by atoms with Gasteiger partial charge in [-0.15, -0.1) is 10.2 Å². The fraction of sp³-hybridized carbons (Fsp3) is 0.273. The standard InChI is InChI=1S/C22H21ClN6OS/c23-18-5-1-2-6-19(18)29-21(28-13-3-4-14-28)26-27-22(29)31-15-20(30)25-17-9-7-16(8-10-17)11-12-24/h1-2,5-10H,3-4,11,13-15H2,(H,25,30). The Morgan fingerprint density at radius 2 is 1.87 bits per heavy atom. The average molecular weight is 453 g/mol. The zero-order valence-corrected chi connectivity index (χ0v) is 18.4. The lowest BCUT2D eigenvalue weighted by molar-refractivity contribution is -0.113. The summed E-state index contributed by atoms with van der Waals surface area (Å²) < 4.78 is 1.93. The molecule has 1 aliphatic rings. The van der Waals surface area contributed by atoms with Crippen molar-refractivity contribution in [3.63, 3.8) is 0 Å². The molecule has 31 heavy (non-hydrogen) atoms. The van der Waals surface area contributed by atoms with E-state index >= 15 is 0 Å². The molecule has 0 atom stereocenters. The first-order valence-corrected chi connectivity index (χ1v) is 11.4. The highest BCUT2D eigenvalue weighted by Crippen LogP contribution is 2.31. The summed E-state index contributed by atoms with van der Waals surface area (Å²) in [4.78, 5) is 14.7. The van der Waals surface area contributed by atoms with E-state index in [4.69, 9.17) is 16.9 Å². The highest BCUT2D eigenvalue weighted by atomic mass is 35.5. The zero-order chi connectivity index (χ0) is 21.6. The van der Waals surface area contributed by atoms with Gasteiger partial charge >= 0.3 is 0 Å². The number of nitriles is 1. The molecule has 0 spiro atoms. The van der Waals surface area contributed by atoms with Gasteiger partial charge in [0.25, 0.3) is 0 Å². The van der Waals surface area contributed by atoms with Crippen LogP contribution in [0.3, 0.4) is 0 Å². The van der Waals surface area contributed by atoms with Crippen LogP contribution in [0.4, 0.5) is 11.6 Å². The molecule has 0 saturated carbocycles. The number of amides is 1. The number of halogens is 1. The van der Waals surface area contributed by atoms with Crippen molar-refractivity contribution in [2.75, 3.05) is 29.1 Å². The van der Waals surface area contributed by atoms with E-state index in [9.17, 15) is 4.79 Å². The molecule has 2 aromatic carbocycles. The van der Waals surface area contributed by atoms with Crippen LogP contribution < -0.4 is 10.2 Å². The number of anilines is 2. The van der Waals surface area contributed by atoms with Crippen LogP contribution in [0.5, 0.6) is 0 Å². The number of benzene rings is 2. The van der Waals surface area contributed by atoms with Crippen molar-refractivity contribution in [1.82, 2.24) is 14.8 Å². The molecule has 1 fully saturated rings. The minimum absolute atomic E-state index is 0.144. The third kappa shape index (κ3) is 5.01. The second-order valence-electron chi connectivity index (χ2n) is 7.13. The first-order chi connectivity index (χ1) is 15.2. The van der Waals surface area contributed by atoms with Gasteiger partial charge in [-0.3, -0.25) is 9.36 Å². The van der Waals surface area contributed by atoms with E-state index in [2.05, 4.69) is 26.5 Å². The van der Waals surface area contributed by atoms with E-state index < -0.39 is 0 Å². The van der Waals surface area contributed by atoms with Gasteiger partial charge in [-0.25, -0.2) is 0 Å². The van der Waals surface area contributed by atoms with Gasteiger partial charge in [-0.1, -0.05) is 47.6 Å². The van der Waals surface area contributed by atoms with E-state index in [0.29, 0.717) is 22.3 Å². The molecule has 4 rings (SSSR count). The van der Waals surface area contributed by atoms with Gasteiger partial charge in [0.1, 0.15) is 0 Å². The number of hydrogen-bond acceptors (Lipinski definition) is 6. The Kier molecular flexibility index (Phi) is 6.75. The molecule has 158 valence electrons. The molecule has 0 radical (unpaired) electrons. The van der Waals surface area contributed by atoms with Gasteiger partial charge < -0.3 is 10.2 Å². The van der Waals surface area contributed by atoms with E-state index in [0.717, 1.165) is 43.1 Å². The van der Waals surface area contributed by atoms with Crippen LogP contribution in [0.25, 0.3) is 5.69 Å². The quantitative estimate of drug-likeness (QED) is 0.537. The maximum absolute atomic E-state index is 12.5. The smallest absolute Gasteiger partial charge is 0.234 e. The number of nitrogens with one attached hydrogen (secondary N) is 1. The fourth-order valence-electron chi connectivity index (χ4n) is 3.45. The number of aromatic nitrogens is 3. The van der Waals surface area contributed by atoms with Crippen LogP contribution in [0.15, 0.2) is 53.7 Å². The highest BCUT2D eigenvalue weighted by Gasteiger charge is 2.23. The molecular formula is C22H21ClN6OS. The van der Waals surface area contributed by atoms with E-state index in [1.165, 1.54) is 11.8 Å². The van der Waals surface area contributed by atoms with Crippen molar-refractivity contribution < 1.29 is 4.79 Å². The van der Waals surface area contributed by atoms with Gasteiger partial charge in [0.05, 0.1) is 29.0 Å². The van der Waals surface area contributed by atoms with Gasteiger partial charge in [0.2, 0.25) is 11.9 Å². The summed E-state index contributed by atoms with van der Waals surface area (Å²) in [6.07, 6.45) is 2.59. The van der Waals surface area contributed by atoms with Crippen LogP contribution in [-0.2, 0) is 11.2 Å². The third-order valence-corrected chi connectivity index (χ3v) is 6.20. The Labute approximate surface area is 190 Å². The Hall–Kier alpha value is -3.02. The van der Waals surface area contributed by atoms with Crippen LogP contribution >= 0.6 is 23.4 Å². The molecule has 9 heteroatoms. The minimum Gasteiger partial charge on any atom is -0.341 e. The Morgan fingerprint density at radius 1 is 1.13 bits per heavy atom. The normalized spacial score (nSPS) is 13.2. The number of para-hydroxylation sites is 1. The summed E-state index contributed by atoms with van der Waals surface area (Å²) in [6, 6.07) is 16.9. The number of hydrogen-bond donors (Lipinski definition) is 1. The second-order valence-corrected chi connectivity index (χ2v) is 8.48. The summed E-state index contributed by atoms with van der Waals surface area (Å²) in [5.74, 6) is 0.791. The maximum Gasteiger partial charge on any atom is 0.234 e. The minimum atomic E-state index is -0.144. The van der Waals surface area contributed by atoms with Crippen LogP contribution in [0.2, 0.25) is 5.02 Å². The predicted octanol–water partition coefficient (Wildman–Crippen LogP) is 4.32. The summed E-state index contributed by atoms with van der Waals surface area (Å²) >= 11 is 7.79. The molecule has 1 aromatic heterocycles. The average Bonchev–Trinajstić information content (AvgIpc) is 3.44. The summed E-state index contributed by atoms with van der Waals surface area (Å²) in [5, 5.41) is 21.6. The monoisotopic (exact) mass is 452 g/mol. The number of carbonyl (C=O) groups is 1. The Bertz CT molecular complexity index is 1100. The molecule has 0 aliphatic carbocycles. The lowest BCUT2D eigenvalue weighted by Gasteiger charge is -2.19. The van der Waals surface area contributed by atoms with Crippen LogP contribution in [0, 0.1) is 11.3 Å². The van der Waals surface area contributed by atoms with E-state index in [1.807, 2.05) is 41.0 Å². The van der Waals surface area contributed by atoms with Crippen LogP contribution in [-0.4, -0.2) is 39.5 Å². The van der Waals surface area contributed by atoms with Gasteiger partial charge in [0, 0.05) is 18.8 Å². The molecule has 0 bridgehead atoms. The number of nitrogens with zero attached hydrogens (tertiary/aromatic N) is 5. The Morgan fingerprint density at radius 3 is 2.58 bits per heavy atom. The van der Waals surface area contributed by atoms with Crippen molar-refractivity contribution in [2.24, 2.45) is 0 Å². The number of rotatable bonds is 7.